The van der Waals surface area contributed by atoms with Crippen molar-refractivity contribution in [3.05, 3.63) is 60.2 Å². The van der Waals surface area contributed by atoms with Crippen molar-refractivity contribution < 1.29 is 9.59 Å². The minimum absolute atomic E-state index is 0.337. The van der Waals surface area contributed by atoms with E-state index in [9.17, 15) is 9.59 Å². The topological polar surface area (TPSA) is 65.0 Å². The number of carbonyl (C=O) groups is 2. The van der Waals surface area contributed by atoms with Gasteiger partial charge in [-0.05, 0) is 50.8 Å². The Hall–Kier alpha value is -2.99. The van der Waals surface area contributed by atoms with E-state index in [-0.39, 0.29) is 11.8 Å². The third kappa shape index (κ3) is 3.81. The smallest absolute Gasteiger partial charge is 0.265 e. The van der Waals surface area contributed by atoms with Gasteiger partial charge in [0.2, 0.25) is 5.91 Å². The normalized spacial score (nSPS) is 16.8. The molecule has 0 bridgehead atoms. The van der Waals surface area contributed by atoms with Gasteiger partial charge >= 0.3 is 0 Å². The molecule has 26 heavy (non-hydrogen) atoms. The van der Waals surface area contributed by atoms with E-state index < -0.39 is 5.92 Å². The number of hydrazone groups is 1. The van der Waals surface area contributed by atoms with Crippen LogP contribution in [0.15, 0.2) is 59.7 Å². The fourth-order valence-electron chi connectivity index (χ4n) is 2.95. The Labute approximate surface area is 153 Å². The van der Waals surface area contributed by atoms with Gasteiger partial charge in [-0.15, -0.1) is 0 Å². The molecule has 1 heterocycles. The number of carbonyl (C=O) groups excluding carboxylic acids is 2. The first-order chi connectivity index (χ1) is 12.5. The van der Waals surface area contributed by atoms with Gasteiger partial charge in [-0.3, -0.25) is 9.59 Å². The molecular formula is C20H22N4O2. The van der Waals surface area contributed by atoms with E-state index in [1.54, 1.807) is 19.1 Å². The van der Waals surface area contributed by atoms with E-state index in [0.717, 1.165) is 12.1 Å². The maximum Gasteiger partial charge on any atom is 0.265 e. The van der Waals surface area contributed by atoms with Crippen molar-refractivity contribution >= 4 is 28.9 Å². The summed E-state index contributed by atoms with van der Waals surface area (Å²) in [4.78, 5) is 27.5. The average molecular weight is 350 g/mol. The van der Waals surface area contributed by atoms with E-state index in [2.05, 4.69) is 15.3 Å². The fraction of sp³-hybridized carbons (Fsp3) is 0.250. The van der Waals surface area contributed by atoms with Gasteiger partial charge in [-0.2, -0.15) is 10.1 Å². The van der Waals surface area contributed by atoms with Crippen LogP contribution in [-0.2, 0) is 16.1 Å². The lowest BCUT2D eigenvalue weighted by molar-refractivity contribution is -0.127. The first-order valence-corrected chi connectivity index (χ1v) is 8.44. The largest absolute Gasteiger partial charge is 0.325 e. The Morgan fingerprint density at radius 1 is 1.15 bits per heavy atom. The summed E-state index contributed by atoms with van der Waals surface area (Å²) >= 11 is 0. The summed E-state index contributed by atoms with van der Waals surface area (Å²) in [6.45, 7) is 2.47. The summed E-state index contributed by atoms with van der Waals surface area (Å²) in [5, 5.41) is 8.41. The molecule has 1 aliphatic heterocycles. The lowest BCUT2D eigenvalue weighted by Gasteiger charge is -2.15. The average Bonchev–Trinajstić information content (AvgIpc) is 2.90. The van der Waals surface area contributed by atoms with Gasteiger partial charge in [0.1, 0.15) is 0 Å². The maximum absolute atomic E-state index is 12.7. The Bertz CT molecular complexity index is 846. The van der Waals surface area contributed by atoms with E-state index >= 15 is 0 Å². The molecule has 0 fully saturated rings. The minimum Gasteiger partial charge on any atom is -0.325 e. The molecule has 134 valence electrons. The molecule has 0 aromatic heterocycles. The molecule has 6 heteroatoms. The number of benzene rings is 2. The van der Waals surface area contributed by atoms with Crippen LogP contribution in [0.1, 0.15) is 12.5 Å². The molecule has 1 atom stereocenters. The van der Waals surface area contributed by atoms with Crippen LogP contribution in [0.4, 0.5) is 11.4 Å². The SMILES string of the molecule is CC1=NN(c2ccccc2)C(=O)C1C(=O)Nc1cccc(CN(C)C)c1. The van der Waals surface area contributed by atoms with Crippen LogP contribution >= 0.6 is 0 Å². The summed E-state index contributed by atoms with van der Waals surface area (Å²) in [6.07, 6.45) is 0. The standard InChI is InChI=1S/C20H22N4O2/c1-14-18(20(26)24(22-14)17-10-5-4-6-11-17)19(25)21-16-9-7-8-15(12-16)13-23(2)3/h4-12,18H,13H2,1-3H3,(H,21,25). The Morgan fingerprint density at radius 3 is 2.58 bits per heavy atom. The van der Waals surface area contributed by atoms with Crippen LogP contribution in [0.2, 0.25) is 0 Å². The second-order valence-corrected chi connectivity index (χ2v) is 6.59. The van der Waals surface area contributed by atoms with Gasteiger partial charge in [0.15, 0.2) is 5.92 Å². The van der Waals surface area contributed by atoms with Gasteiger partial charge in [-0.25, -0.2) is 0 Å². The van der Waals surface area contributed by atoms with Crippen LogP contribution in [0, 0.1) is 5.92 Å². The summed E-state index contributed by atoms with van der Waals surface area (Å²) in [5.74, 6) is -1.61. The predicted molar refractivity (Wildman–Crippen MR) is 103 cm³/mol. The Balaban J connectivity index is 1.74. The van der Waals surface area contributed by atoms with Gasteiger partial charge in [0.25, 0.3) is 5.91 Å². The van der Waals surface area contributed by atoms with Crippen molar-refractivity contribution in [2.75, 3.05) is 24.4 Å². The van der Waals surface area contributed by atoms with E-state index in [0.29, 0.717) is 17.1 Å². The molecule has 0 saturated carbocycles. The van der Waals surface area contributed by atoms with E-state index in [4.69, 9.17) is 0 Å². The maximum atomic E-state index is 12.7. The van der Waals surface area contributed by atoms with Crippen LogP contribution in [0.3, 0.4) is 0 Å². The van der Waals surface area contributed by atoms with E-state index in [1.807, 2.05) is 56.6 Å². The molecule has 1 aliphatic rings. The van der Waals surface area contributed by atoms with Crippen molar-refractivity contribution in [3.63, 3.8) is 0 Å². The number of nitrogens with zero attached hydrogens (tertiary/aromatic N) is 3. The highest BCUT2D eigenvalue weighted by molar-refractivity contribution is 6.28. The van der Waals surface area contributed by atoms with Crippen molar-refractivity contribution in [1.29, 1.82) is 0 Å². The molecule has 0 spiro atoms. The number of para-hydroxylation sites is 1. The molecule has 0 saturated heterocycles. The van der Waals surface area contributed by atoms with Gasteiger partial charge < -0.3 is 10.2 Å². The zero-order valence-corrected chi connectivity index (χ0v) is 15.1. The van der Waals surface area contributed by atoms with Crippen LogP contribution in [0.5, 0.6) is 0 Å². The molecule has 0 aliphatic carbocycles. The molecule has 6 nitrogen and oxygen atoms in total. The highest BCUT2D eigenvalue weighted by Gasteiger charge is 2.39. The molecular weight excluding hydrogens is 328 g/mol. The first-order valence-electron chi connectivity index (χ1n) is 8.44. The third-order valence-electron chi connectivity index (χ3n) is 4.09. The number of hydrogen-bond donors (Lipinski definition) is 1. The fourth-order valence-corrected chi connectivity index (χ4v) is 2.95. The van der Waals surface area contributed by atoms with Crippen molar-refractivity contribution in [2.24, 2.45) is 11.0 Å². The molecule has 0 radical (unpaired) electrons. The number of rotatable bonds is 5. The third-order valence-corrected chi connectivity index (χ3v) is 4.09. The summed E-state index contributed by atoms with van der Waals surface area (Å²) < 4.78 is 0. The molecule has 3 rings (SSSR count). The second-order valence-electron chi connectivity index (χ2n) is 6.59. The Morgan fingerprint density at radius 2 is 1.88 bits per heavy atom. The Kier molecular flexibility index (Phi) is 5.14. The summed E-state index contributed by atoms with van der Waals surface area (Å²) in [6, 6.07) is 16.7. The van der Waals surface area contributed by atoms with Gasteiger partial charge in [-0.1, -0.05) is 30.3 Å². The number of nitrogens with one attached hydrogen (secondary N) is 1. The van der Waals surface area contributed by atoms with Crippen molar-refractivity contribution in [1.82, 2.24) is 4.90 Å². The first kappa shape index (κ1) is 17.8. The number of hydrogen-bond acceptors (Lipinski definition) is 4. The highest BCUT2D eigenvalue weighted by Crippen LogP contribution is 2.24. The number of anilines is 2. The monoisotopic (exact) mass is 350 g/mol. The minimum atomic E-state index is -0.910. The highest BCUT2D eigenvalue weighted by atomic mass is 16.2. The quantitative estimate of drug-likeness (QED) is 0.843. The van der Waals surface area contributed by atoms with Gasteiger partial charge in [0.05, 0.1) is 11.4 Å². The van der Waals surface area contributed by atoms with Crippen LogP contribution < -0.4 is 10.3 Å². The van der Waals surface area contributed by atoms with Crippen molar-refractivity contribution in [2.45, 2.75) is 13.5 Å². The zero-order valence-electron chi connectivity index (χ0n) is 15.1. The predicted octanol–water partition coefficient (Wildman–Crippen LogP) is 2.73. The van der Waals surface area contributed by atoms with Crippen molar-refractivity contribution in [3.8, 4) is 0 Å². The van der Waals surface area contributed by atoms with Gasteiger partial charge in [0, 0.05) is 12.2 Å². The van der Waals surface area contributed by atoms with Crippen LogP contribution in [-0.4, -0.2) is 36.5 Å². The zero-order chi connectivity index (χ0) is 18.7. The van der Waals surface area contributed by atoms with E-state index in [1.165, 1.54) is 5.01 Å². The summed E-state index contributed by atoms with van der Waals surface area (Å²) in [7, 11) is 3.97. The summed E-state index contributed by atoms with van der Waals surface area (Å²) in [5.41, 5.74) is 2.90. The number of amides is 2. The molecule has 1 unspecified atom stereocenters. The lowest BCUT2D eigenvalue weighted by Crippen LogP contribution is -2.36. The second kappa shape index (κ2) is 7.49. The lowest BCUT2D eigenvalue weighted by atomic mass is 10.0. The molecule has 2 aromatic rings. The van der Waals surface area contributed by atoms with Crippen LogP contribution in [0.25, 0.3) is 0 Å². The molecule has 1 N–H and O–H groups in total. The molecule has 2 aromatic carbocycles. The molecule has 2 amide bonds.